The van der Waals surface area contributed by atoms with E-state index in [1.165, 1.54) is 0 Å². The predicted molar refractivity (Wildman–Crippen MR) is 128 cm³/mol. The molecule has 6 rings (SSSR count). The first kappa shape index (κ1) is 19.5. The number of rotatable bonds is 4. The first-order valence-corrected chi connectivity index (χ1v) is 11.1. The number of nitrogens with one attached hydrogen (secondary N) is 2. The monoisotopic (exact) mass is 434 g/mol. The van der Waals surface area contributed by atoms with Crippen LogP contribution in [0.1, 0.15) is 29.0 Å². The Kier molecular flexibility index (Phi) is 4.57. The van der Waals surface area contributed by atoms with Crippen LogP contribution in [0.15, 0.2) is 89.9 Å². The molecule has 6 heteroatoms. The number of carbonyl (C=O) groups is 1. The molecular weight excluding hydrogens is 412 g/mol. The molecule has 2 atom stereocenters. The maximum Gasteiger partial charge on any atom is 0.262 e. The van der Waals surface area contributed by atoms with E-state index in [0.29, 0.717) is 29.6 Å². The number of hydrogen-bond donors (Lipinski definition) is 2. The van der Waals surface area contributed by atoms with Gasteiger partial charge in [-0.2, -0.15) is 0 Å². The summed E-state index contributed by atoms with van der Waals surface area (Å²) in [5, 5.41) is 4.73. The summed E-state index contributed by atoms with van der Waals surface area (Å²) in [6.45, 7) is 0. The van der Waals surface area contributed by atoms with Gasteiger partial charge in [0.2, 0.25) is 5.91 Å². The normalized spacial score (nSPS) is 17.8. The lowest BCUT2D eigenvalue weighted by Gasteiger charge is -2.33. The maximum absolute atomic E-state index is 13.7. The van der Waals surface area contributed by atoms with Crippen LogP contribution in [0.2, 0.25) is 0 Å². The van der Waals surface area contributed by atoms with Crippen molar-refractivity contribution < 1.29 is 4.79 Å². The molecule has 0 bridgehead atoms. The molecule has 0 unspecified atom stereocenters. The molecule has 2 N–H and O–H groups in total. The van der Waals surface area contributed by atoms with Crippen LogP contribution in [0.3, 0.4) is 0 Å². The Morgan fingerprint density at radius 2 is 1.55 bits per heavy atom. The largest absolute Gasteiger partial charge is 0.361 e. The maximum atomic E-state index is 13.7. The van der Waals surface area contributed by atoms with E-state index >= 15 is 0 Å². The lowest BCUT2D eigenvalue weighted by atomic mass is 9.97. The van der Waals surface area contributed by atoms with Crippen LogP contribution in [0.4, 0.5) is 0 Å². The summed E-state index contributed by atoms with van der Waals surface area (Å²) in [6.07, 6.45) is 2.89. The highest BCUT2D eigenvalue weighted by Gasteiger charge is 2.36. The molecule has 6 nitrogen and oxygen atoms in total. The zero-order valence-electron chi connectivity index (χ0n) is 17.9. The highest BCUT2D eigenvalue weighted by molar-refractivity contribution is 5.87. The van der Waals surface area contributed by atoms with Gasteiger partial charge in [-0.1, -0.05) is 60.7 Å². The fourth-order valence-electron chi connectivity index (χ4n) is 4.84. The summed E-state index contributed by atoms with van der Waals surface area (Å²) < 4.78 is 1.62. The number of carbonyl (C=O) groups excluding carboxylic acids is 1. The molecule has 3 heterocycles. The molecular formula is C27H22N4O2. The lowest BCUT2D eigenvalue weighted by molar-refractivity contribution is -0.126. The van der Waals surface area contributed by atoms with Crippen molar-refractivity contribution in [2.75, 3.05) is 0 Å². The zero-order chi connectivity index (χ0) is 22.4. The number of amides is 1. The molecule has 0 spiro atoms. The van der Waals surface area contributed by atoms with Crippen LogP contribution in [0.5, 0.6) is 0 Å². The molecule has 0 radical (unpaired) electrons. The molecule has 1 amide bonds. The molecule has 0 saturated heterocycles. The van der Waals surface area contributed by atoms with Crippen LogP contribution in [-0.2, 0) is 17.6 Å². The van der Waals surface area contributed by atoms with E-state index in [1.807, 2.05) is 79.0 Å². The minimum Gasteiger partial charge on any atom is -0.361 e. The minimum atomic E-state index is -0.671. The average molecular weight is 434 g/mol. The van der Waals surface area contributed by atoms with E-state index < -0.39 is 6.04 Å². The van der Waals surface area contributed by atoms with E-state index in [0.717, 1.165) is 22.0 Å². The molecule has 0 saturated carbocycles. The van der Waals surface area contributed by atoms with Gasteiger partial charge in [-0.05, 0) is 35.7 Å². The smallest absolute Gasteiger partial charge is 0.262 e. The van der Waals surface area contributed by atoms with E-state index in [2.05, 4.69) is 10.3 Å². The number of aromatic amines is 1. The van der Waals surface area contributed by atoms with Crippen molar-refractivity contribution in [1.82, 2.24) is 19.9 Å². The van der Waals surface area contributed by atoms with Gasteiger partial charge in [-0.15, -0.1) is 0 Å². The fraction of sp³-hybridized carbons (Fsp3) is 0.148. The van der Waals surface area contributed by atoms with Crippen LogP contribution < -0.4 is 10.9 Å². The molecule has 1 aliphatic rings. The minimum absolute atomic E-state index is 0.159. The van der Waals surface area contributed by atoms with Crippen molar-refractivity contribution in [2.24, 2.45) is 0 Å². The van der Waals surface area contributed by atoms with Gasteiger partial charge in [-0.3, -0.25) is 14.2 Å². The highest BCUT2D eigenvalue weighted by Crippen LogP contribution is 2.30. The van der Waals surface area contributed by atoms with Gasteiger partial charge in [0.1, 0.15) is 11.9 Å². The number of aromatic nitrogens is 3. The van der Waals surface area contributed by atoms with Crippen LogP contribution in [-0.4, -0.2) is 20.4 Å². The Balaban J connectivity index is 1.50. The standard InChI is InChI=1S/C27H22N4O2/c32-26-24(15-18-16-28-21-12-6-4-10-19(18)21)31-25(23(30-26)14-17-8-2-1-3-9-17)29-22-13-7-5-11-20(22)27(31)33/h1-13,16,23-24,28H,14-15H2,(H,30,32)/t23-,24+/m0/s1. The summed E-state index contributed by atoms with van der Waals surface area (Å²) in [4.78, 5) is 35.2. The molecule has 5 aromatic rings. The van der Waals surface area contributed by atoms with Crippen molar-refractivity contribution in [3.63, 3.8) is 0 Å². The number of fused-ring (bicyclic) bond motifs is 3. The average Bonchev–Trinajstić information content (AvgIpc) is 3.25. The second-order valence-electron chi connectivity index (χ2n) is 8.49. The Labute approximate surface area is 189 Å². The van der Waals surface area contributed by atoms with E-state index in [-0.39, 0.29) is 17.5 Å². The molecule has 2 aromatic heterocycles. The van der Waals surface area contributed by atoms with Crippen molar-refractivity contribution in [2.45, 2.75) is 24.9 Å². The number of H-pyrrole nitrogens is 1. The lowest BCUT2D eigenvalue weighted by Crippen LogP contribution is -2.49. The number of nitrogens with zero attached hydrogens (tertiary/aromatic N) is 2. The third kappa shape index (κ3) is 3.31. The number of hydrogen-bond acceptors (Lipinski definition) is 3. The van der Waals surface area contributed by atoms with Crippen LogP contribution >= 0.6 is 0 Å². The molecule has 1 aliphatic heterocycles. The summed E-state index contributed by atoms with van der Waals surface area (Å²) >= 11 is 0. The third-order valence-electron chi connectivity index (χ3n) is 6.45. The molecule has 0 aliphatic carbocycles. The Hall–Kier alpha value is -4.19. The van der Waals surface area contributed by atoms with Crippen molar-refractivity contribution >= 4 is 27.7 Å². The quantitative estimate of drug-likeness (QED) is 0.447. The summed E-state index contributed by atoms with van der Waals surface area (Å²) in [5.41, 5.74) is 3.56. The van der Waals surface area contributed by atoms with Gasteiger partial charge in [-0.25, -0.2) is 4.98 Å². The molecule has 0 fully saturated rings. The number of benzene rings is 3. The third-order valence-corrected chi connectivity index (χ3v) is 6.45. The summed E-state index contributed by atoms with van der Waals surface area (Å²) in [6, 6.07) is 24.2. The second-order valence-corrected chi connectivity index (χ2v) is 8.49. The van der Waals surface area contributed by atoms with E-state index in [1.54, 1.807) is 10.6 Å². The Bertz CT molecular complexity index is 1550. The van der Waals surface area contributed by atoms with Crippen LogP contribution in [0, 0.1) is 0 Å². The summed E-state index contributed by atoms with van der Waals surface area (Å²) in [7, 11) is 0. The van der Waals surface area contributed by atoms with E-state index in [4.69, 9.17) is 4.98 Å². The highest BCUT2D eigenvalue weighted by atomic mass is 16.2. The van der Waals surface area contributed by atoms with Gasteiger partial charge in [0.15, 0.2) is 0 Å². The first-order valence-electron chi connectivity index (χ1n) is 11.1. The zero-order valence-corrected chi connectivity index (χ0v) is 17.9. The van der Waals surface area contributed by atoms with Crippen molar-refractivity contribution in [1.29, 1.82) is 0 Å². The Morgan fingerprint density at radius 1 is 0.818 bits per heavy atom. The molecule has 162 valence electrons. The SMILES string of the molecule is O=C1N[C@@H](Cc2ccccc2)c2nc3ccccc3c(=O)n2[C@@H]1Cc1c[nH]c2ccccc12. The predicted octanol–water partition coefficient (Wildman–Crippen LogP) is 4.08. The molecule has 33 heavy (non-hydrogen) atoms. The topological polar surface area (TPSA) is 79.8 Å². The van der Waals surface area contributed by atoms with Gasteiger partial charge in [0, 0.05) is 23.5 Å². The van der Waals surface area contributed by atoms with Crippen molar-refractivity contribution in [3.05, 3.63) is 112 Å². The summed E-state index contributed by atoms with van der Waals surface area (Å²) in [5.74, 6) is 0.444. The Morgan fingerprint density at radius 3 is 2.39 bits per heavy atom. The molecule has 3 aromatic carbocycles. The first-order chi connectivity index (χ1) is 16.2. The van der Waals surface area contributed by atoms with Gasteiger partial charge in [0.05, 0.1) is 16.9 Å². The van der Waals surface area contributed by atoms with Gasteiger partial charge in [0.25, 0.3) is 5.56 Å². The number of para-hydroxylation sites is 2. The van der Waals surface area contributed by atoms with Crippen molar-refractivity contribution in [3.8, 4) is 0 Å². The van der Waals surface area contributed by atoms with Crippen LogP contribution in [0.25, 0.3) is 21.8 Å². The van der Waals surface area contributed by atoms with Gasteiger partial charge < -0.3 is 10.3 Å². The van der Waals surface area contributed by atoms with E-state index in [9.17, 15) is 9.59 Å². The fourth-order valence-corrected chi connectivity index (χ4v) is 4.84. The van der Waals surface area contributed by atoms with Gasteiger partial charge >= 0.3 is 0 Å². The second kappa shape index (κ2) is 7.74.